The molecule has 0 saturated carbocycles. The number of hydrogen-bond donors (Lipinski definition) is 0. The number of aromatic nitrogens is 2. The Morgan fingerprint density at radius 3 is 1.86 bits per heavy atom. The average molecular weight is 493 g/mol. The largest absolute Gasteiger partial charge is 0.308 e. The molecule has 3 aromatic heterocycles. The number of thiophene rings is 1. The number of benzene rings is 5. The molecular weight excluding hydrogens is 472 g/mol. The minimum atomic E-state index is 0.0000391. The smallest absolute Gasteiger partial charge is 0.265 e. The van der Waals surface area contributed by atoms with Crippen molar-refractivity contribution in [1.82, 2.24) is 9.13 Å². The van der Waals surface area contributed by atoms with Gasteiger partial charge in [0.1, 0.15) is 0 Å². The van der Waals surface area contributed by atoms with Crippen LogP contribution in [0.1, 0.15) is 0 Å². The lowest BCUT2D eigenvalue weighted by molar-refractivity contribution is 1.06. The lowest BCUT2D eigenvalue weighted by Gasteiger charge is -2.14. The normalized spacial score (nSPS) is 11.9. The van der Waals surface area contributed by atoms with Gasteiger partial charge in [0.05, 0.1) is 21.9 Å². The molecule has 5 aromatic carbocycles. The summed E-state index contributed by atoms with van der Waals surface area (Å²) in [5, 5.41) is 5.24. The summed E-state index contributed by atoms with van der Waals surface area (Å²) in [7, 11) is 0. The summed E-state index contributed by atoms with van der Waals surface area (Å²) in [4.78, 5) is 14.5. The average Bonchev–Trinajstić information content (AvgIpc) is 3.49. The molecule has 0 saturated heterocycles. The van der Waals surface area contributed by atoms with Crippen molar-refractivity contribution in [2.24, 2.45) is 0 Å². The summed E-state index contributed by atoms with van der Waals surface area (Å²) in [6.45, 7) is 0. The molecule has 0 atom stereocenters. The molecule has 0 spiro atoms. The highest BCUT2D eigenvalue weighted by molar-refractivity contribution is 7.25. The third-order valence-electron chi connectivity index (χ3n) is 7.31. The third kappa shape index (κ3) is 2.85. The lowest BCUT2D eigenvalue weighted by atomic mass is 10.1. The van der Waals surface area contributed by atoms with Gasteiger partial charge >= 0.3 is 0 Å². The summed E-state index contributed by atoms with van der Waals surface area (Å²) in [5.74, 6) is 0. The Hall–Kier alpha value is -4.67. The van der Waals surface area contributed by atoms with Gasteiger partial charge in [0.15, 0.2) is 0 Å². The minimum absolute atomic E-state index is 0.0000391. The maximum absolute atomic E-state index is 14.5. The fourth-order valence-corrected chi connectivity index (χ4v) is 6.87. The predicted molar refractivity (Wildman–Crippen MR) is 157 cm³/mol. The van der Waals surface area contributed by atoms with Gasteiger partial charge in [-0.15, -0.1) is 11.3 Å². The van der Waals surface area contributed by atoms with E-state index >= 15 is 0 Å². The highest BCUT2D eigenvalue weighted by atomic mass is 32.1. The van der Waals surface area contributed by atoms with E-state index in [1.54, 1.807) is 11.3 Å². The second-order valence-electron chi connectivity index (χ2n) is 9.35. The summed E-state index contributed by atoms with van der Waals surface area (Å²) in [5.41, 5.74) is 4.82. The topological polar surface area (TPSA) is 26.9 Å². The monoisotopic (exact) mass is 492 g/mol. The SMILES string of the molecule is O=c1c2c3ccccc3n(-c3ccccc3)c2c2cc3c(cc2n1-c1ccccc1)sc1ccccc13. The van der Waals surface area contributed by atoms with Crippen molar-refractivity contribution in [3.05, 3.63) is 132 Å². The van der Waals surface area contributed by atoms with Crippen LogP contribution in [0.15, 0.2) is 126 Å². The van der Waals surface area contributed by atoms with Crippen LogP contribution in [0.4, 0.5) is 0 Å². The molecule has 174 valence electrons. The van der Waals surface area contributed by atoms with E-state index in [9.17, 15) is 4.79 Å². The number of pyridine rings is 1. The molecule has 0 aliphatic carbocycles. The van der Waals surface area contributed by atoms with E-state index in [1.165, 1.54) is 20.2 Å². The van der Waals surface area contributed by atoms with Gasteiger partial charge in [-0.1, -0.05) is 72.8 Å². The molecular formula is C33H20N2OS. The van der Waals surface area contributed by atoms with Gasteiger partial charge in [0, 0.05) is 42.3 Å². The van der Waals surface area contributed by atoms with Crippen molar-refractivity contribution in [3.8, 4) is 11.4 Å². The Labute approximate surface area is 216 Å². The van der Waals surface area contributed by atoms with Crippen molar-refractivity contribution in [2.75, 3.05) is 0 Å². The second-order valence-corrected chi connectivity index (χ2v) is 10.4. The first-order chi connectivity index (χ1) is 18.3. The Bertz CT molecular complexity index is 2200. The van der Waals surface area contributed by atoms with Gasteiger partial charge in [-0.2, -0.15) is 0 Å². The molecule has 3 heterocycles. The van der Waals surface area contributed by atoms with Crippen LogP contribution >= 0.6 is 11.3 Å². The van der Waals surface area contributed by atoms with Crippen molar-refractivity contribution in [2.45, 2.75) is 0 Å². The van der Waals surface area contributed by atoms with Crippen LogP contribution in [-0.4, -0.2) is 9.13 Å². The standard InChI is InChI=1S/C33H20N2OS/c36-33-31-24-16-7-9-17-27(24)34(21-11-3-1-4-12-21)32(31)26-19-25-23-15-8-10-18-29(23)37-30(25)20-28(26)35(33)22-13-5-2-6-14-22/h1-20H. The lowest BCUT2D eigenvalue weighted by Crippen LogP contribution is -2.19. The first-order valence-corrected chi connectivity index (χ1v) is 13.2. The summed E-state index contributed by atoms with van der Waals surface area (Å²) >= 11 is 1.78. The highest BCUT2D eigenvalue weighted by Gasteiger charge is 2.22. The van der Waals surface area contributed by atoms with Crippen molar-refractivity contribution >= 4 is 64.2 Å². The van der Waals surface area contributed by atoms with Crippen molar-refractivity contribution < 1.29 is 0 Å². The first-order valence-electron chi connectivity index (χ1n) is 12.3. The number of hydrogen-bond acceptors (Lipinski definition) is 2. The molecule has 37 heavy (non-hydrogen) atoms. The quantitative estimate of drug-likeness (QED) is 0.238. The molecule has 0 radical (unpaired) electrons. The Kier molecular flexibility index (Phi) is 4.25. The van der Waals surface area contributed by atoms with E-state index in [2.05, 4.69) is 65.2 Å². The van der Waals surface area contributed by atoms with Crippen LogP contribution in [0.5, 0.6) is 0 Å². The first kappa shape index (κ1) is 20.5. The number of nitrogens with zero attached hydrogens (tertiary/aromatic N) is 2. The van der Waals surface area contributed by atoms with Gasteiger partial charge < -0.3 is 4.57 Å². The molecule has 0 aliphatic heterocycles. The molecule has 0 bridgehead atoms. The Balaban J connectivity index is 1.70. The zero-order valence-corrected chi connectivity index (χ0v) is 20.6. The molecule has 0 amide bonds. The maximum Gasteiger partial charge on any atom is 0.265 e. The van der Waals surface area contributed by atoms with Crippen LogP contribution in [0.2, 0.25) is 0 Å². The predicted octanol–water partition coefficient (Wildman–Crippen LogP) is 8.46. The van der Waals surface area contributed by atoms with Gasteiger partial charge in [-0.05, 0) is 48.5 Å². The van der Waals surface area contributed by atoms with Crippen molar-refractivity contribution in [1.29, 1.82) is 0 Å². The van der Waals surface area contributed by atoms with E-state index in [4.69, 9.17) is 0 Å². The van der Waals surface area contributed by atoms with Crippen molar-refractivity contribution in [3.63, 3.8) is 0 Å². The fraction of sp³-hybridized carbons (Fsp3) is 0. The molecule has 0 fully saturated rings. The second kappa shape index (κ2) is 7.66. The molecule has 3 nitrogen and oxygen atoms in total. The van der Waals surface area contributed by atoms with Crippen LogP contribution < -0.4 is 5.56 Å². The molecule has 8 rings (SSSR count). The van der Waals surface area contributed by atoms with E-state index in [1.807, 2.05) is 65.2 Å². The van der Waals surface area contributed by atoms with Crippen LogP contribution in [-0.2, 0) is 0 Å². The summed E-state index contributed by atoms with van der Waals surface area (Å²) in [6, 6.07) is 41.6. The van der Waals surface area contributed by atoms with E-state index < -0.39 is 0 Å². The fourth-order valence-electron chi connectivity index (χ4n) is 5.75. The van der Waals surface area contributed by atoms with Gasteiger partial charge in [-0.25, -0.2) is 0 Å². The Morgan fingerprint density at radius 1 is 0.486 bits per heavy atom. The number of para-hydroxylation sites is 3. The van der Waals surface area contributed by atoms with Gasteiger partial charge in [0.2, 0.25) is 0 Å². The van der Waals surface area contributed by atoms with E-state index in [0.29, 0.717) is 0 Å². The van der Waals surface area contributed by atoms with Gasteiger partial charge in [0.25, 0.3) is 5.56 Å². The van der Waals surface area contributed by atoms with Crippen LogP contribution in [0, 0.1) is 0 Å². The Morgan fingerprint density at radius 2 is 1.11 bits per heavy atom. The minimum Gasteiger partial charge on any atom is -0.308 e. The molecule has 0 aliphatic rings. The van der Waals surface area contributed by atoms with Gasteiger partial charge in [-0.3, -0.25) is 9.36 Å². The number of rotatable bonds is 2. The molecule has 8 aromatic rings. The zero-order valence-electron chi connectivity index (χ0n) is 19.8. The van der Waals surface area contributed by atoms with E-state index in [-0.39, 0.29) is 5.56 Å². The maximum atomic E-state index is 14.5. The molecule has 0 unspecified atom stereocenters. The zero-order chi connectivity index (χ0) is 24.5. The highest BCUT2D eigenvalue weighted by Crippen LogP contribution is 2.40. The number of fused-ring (bicyclic) bond motifs is 8. The van der Waals surface area contributed by atoms with Crippen LogP contribution in [0.3, 0.4) is 0 Å². The summed E-state index contributed by atoms with van der Waals surface area (Å²) < 4.78 is 6.58. The molecule has 0 N–H and O–H groups in total. The third-order valence-corrected chi connectivity index (χ3v) is 8.45. The van der Waals surface area contributed by atoms with Crippen LogP contribution in [0.25, 0.3) is 64.3 Å². The summed E-state index contributed by atoms with van der Waals surface area (Å²) in [6.07, 6.45) is 0. The molecule has 4 heteroatoms. The van der Waals surface area contributed by atoms with E-state index in [0.717, 1.165) is 44.1 Å².